The van der Waals surface area contributed by atoms with Crippen LogP contribution in [0.25, 0.3) is 0 Å². The molecule has 0 aromatic carbocycles. The van der Waals surface area contributed by atoms with E-state index in [0.717, 1.165) is 61.4 Å². The summed E-state index contributed by atoms with van der Waals surface area (Å²) in [5.41, 5.74) is 8.88. The Labute approximate surface area is 125 Å². The molecule has 5 nitrogen and oxygen atoms in total. The van der Waals surface area contributed by atoms with E-state index in [1.54, 1.807) is 0 Å². The first-order valence-corrected chi connectivity index (χ1v) is 7.60. The van der Waals surface area contributed by atoms with Crippen LogP contribution in [0.5, 0.6) is 0 Å². The van der Waals surface area contributed by atoms with Crippen molar-refractivity contribution in [3.63, 3.8) is 0 Å². The van der Waals surface area contributed by atoms with Gasteiger partial charge in [0.2, 0.25) is 0 Å². The molecule has 2 heterocycles. The highest BCUT2D eigenvalue weighted by molar-refractivity contribution is 7.80. The molecular formula is C14H22N4OS. The Bertz CT molecular complexity index is 498. The van der Waals surface area contributed by atoms with E-state index in [2.05, 4.69) is 28.9 Å². The van der Waals surface area contributed by atoms with Crippen molar-refractivity contribution in [2.45, 2.75) is 45.6 Å². The van der Waals surface area contributed by atoms with Crippen LogP contribution in [0.4, 0.5) is 5.82 Å². The summed E-state index contributed by atoms with van der Waals surface area (Å²) in [6, 6.07) is 0. The number of aryl methyl sites for hydroxylation is 1. The lowest BCUT2D eigenvalue weighted by atomic mass is 10.0. The fourth-order valence-corrected chi connectivity index (χ4v) is 2.93. The van der Waals surface area contributed by atoms with Crippen molar-refractivity contribution in [2.24, 2.45) is 5.73 Å². The summed E-state index contributed by atoms with van der Waals surface area (Å²) in [5.74, 6) is 0.776. The zero-order valence-electron chi connectivity index (χ0n) is 12.1. The molecule has 110 valence electrons. The number of nitrogens with zero attached hydrogens (tertiary/aromatic N) is 3. The lowest BCUT2D eigenvalue weighted by molar-refractivity contribution is 0.145. The number of aliphatic hydroxyl groups excluding tert-OH is 1. The van der Waals surface area contributed by atoms with Gasteiger partial charge in [-0.2, -0.15) is 5.10 Å². The molecule has 1 aromatic rings. The van der Waals surface area contributed by atoms with Crippen LogP contribution in [0.15, 0.2) is 0 Å². The first-order valence-electron chi connectivity index (χ1n) is 7.19. The largest absolute Gasteiger partial charge is 0.393 e. The van der Waals surface area contributed by atoms with Gasteiger partial charge in [0.25, 0.3) is 0 Å². The third-order valence-electron chi connectivity index (χ3n) is 3.84. The van der Waals surface area contributed by atoms with Gasteiger partial charge >= 0.3 is 0 Å². The number of hydrogen-bond acceptors (Lipinski definition) is 5. The van der Waals surface area contributed by atoms with Crippen molar-refractivity contribution in [3.8, 4) is 0 Å². The van der Waals surface area contributed by atoms with Gasteiger partial charge in [-0.3, -0.25) is 0 Å². The minimum absolute atomic E-state index is 0.215. The molecule has 20 heavy (non-hydrogen) atoms. The first-order chi connectivity index (χ1) is 9.58. The first kappa shape index (κ1) is 15.1. The minimum Gasteiger partial charge on any atom is -0.393 e. The number of anilines is 1. The average molecular weight is 294 g/mol. The highest BCUT2D eigenvalue weighted by Crippen LogP contribution is 2.26. The second kappa shape index (κ2) is 6.45. The van der Waals surface area contributed by atoms with Crippen molar-refractivity contribution >= 4 is 23.0 Å². The lowest BCUT2D eigenvalue weighted by Crippen LogP contribution is -2.38. The molecule has 0 amide bonds. The molecule has 0 unspecified atom stereocenters. The summed E-state index contributed by atoms with van der Waals surface area (Å²) in [6.07, 6.45) is 2.94. The molecule has 1 fully saturated rings. The van der Waals surface area contributed by atoms with Crippen LogP contribution in [-0.2, 0) is 12.8 Å². The summed E-state index contributed by atoms with van der Waals surface area (Å²) in [4.78, 5) is 2.51. The Balaban J connectivity index is 2.44. The van der Waals surface area contributed by atoms with Gasteiger partial charge in [0.1, 0.15) is 4.99 Å². The molecular weight excluding hydrogens is 272 g/mol. The van der Waals surface area contributed by atoms with E-state index in [-0.39, 0.29) is 6.10 Å². The number of piperidine rings is 1. The molecule has 0 aliphatic carbocycles. The molecule has 2 rings (SSSR count). The number of nitrogens with two attached hydrogens (primary N) is 1. The summed E-state index contributed by atoms with van der Waals surface area (Å²) in [5, 5.41) is 18.3. The van der Waals surface area contributed by atoms with E-state index in [0.29, 0.717) is 4.99 Å². The van der Waals surface area contributed by atoms with Crippen LogP contribution >= 0.6 is 12.2 Å². The number of rotatable bonds is 4. The van der Waals surface area contributed by atoms with Gasteiger partial charge in [0.05, 0.1) is 17.4 Å². The molecule has 1 aliphatic rings. The van der Waals surface area contributed by atoms with Crippen molar-refractivity contribution < 1.29 is 5.11 Å². The Morgan fingerprint density at radius 1 is 1.30 bits per heavy atom. The van der Waals surface area contributed by atoms with Gasteiger partial charge in [0.15, 0.2) is 5.82 Å². The quantitative estimate of drug-likeness (QED) is 0.813. The van der Waals surface area contributed by atoms with E-state index in [4.69, 9.17) is 18.0 Å². The van der Waals surface area contributed by atoms with E-state index >= 15 is 0 Å². The molecule has 0 bridgehead atoms. The van der Waals surface area contributed by atoms with E-state index in [1.165, 1.54) is 0 Å². The number of thiocarbonyl (C=S) groups is 1. The monoisotopic (exact) mass is 294 g/mol. The fourth-order valence-electron chi connectivity index (χ4n) is 2.72. The molecule has 3 N–H and O–H groups in total. The molecule has 0 atom stereocenters. The van der Waals surface area contributed by atoms with Crippen molar-refractivity contribution in [1.29, 1.82) is 0 Å². The van der Waals surface area contributed by atoms with Crippen LogP contribution in [0.1, 0.15) is 43.5 Å². The Morgan fingerprint density at radius 3 is 2.45 bits per heavy atom. The molecule has 1 aromatic heterocycles. The normalized spacial score (nSPS) is 16.4. The molecule has 6 heteroatoms. The second-order valence-electron chi connectivity index (χ2n) is 5.11. The zero-order chi connectivity index (χ0) is 14.7. The maximum Gasteiger partial charge on any atom is 0.161 e. The third-order valence-corrected chi connectivity index (χ3v) is 4.04. The SMILES string of the molecule is CCc1nnc(N2CCC(O)CC2)c(C(N)=S)c1CC. The van der Waals surface area contributed by atoms with Crippen molar-refractivity contribution in [1.82, 2.24) is 10.2 Å². The highest BCUT2D eigenvalue weighted by atomic mass is 32.1. The van der Waals surface area contributed by atoms with Crippen LogP contribution in [0.2, 0.25) is 0 Å². The van der Waals surface area contributed by atoms with Gasteiger partial charge in [0, 0.05) is 13.1 Å². The summed E-state index contributed by atoms with van der Waals surface area (Å²) in [6.45, 7) is 5.67. The second-order valence-corrected chi connectivity index (χ2v) is 5.55. The zero-order valence-corrected chi connectivity index (χ0v) is 12.9. The molecule has 0 radical (unpaired) electrons. The maximum absolute atomic E-state index is 9.62. The van der Waals surface area contributed by atoms with Gasteiger partial charge in [-0.1, -0.05) is 26.1 Å². The summed E-state index contributed by atoms with van der Waals surface area (Å²) in [7, 11) is 0. The summed E-state index contributed by atoms with van der Waals surface area (Å²) < 4.78 is 0. The molecule has 1 saturated heterocycles. The number of aliphatic hydroxyl groups is 1. The van der Waals surface area contributed by atoms with Gasteiger partial charge in [-0.15, -0.1) is 5.10 Å². The fraction of sp³-hybridized carbons (Fsp3) is 0.643. The predicted octanol–water partition coefficient (Wildman–Crippen LogP) is 1.20. The van der Waals surface area contributed by atoms with Gasteiger partial charge < -0.3 is 15.7 Å². The highest BCUT2D eigenvalue weighted by Gasteiger charge is 2.24. The maximum atomic E-state index is 9.62. The van der Waals surface area contributed by atoms with Crippen molar-refractivity contribution in [2.75, 3.05) is 18.0 Å². The number of aromatic nitrogens is 2. The molecule has 1 aliphatic heterocycles. The van der Waals surface area contributed by atoms with Gasteiger partial charge in [-0.25, -0.2) is 0 Å². The molecule has 0 saturated carbocycles. The van der Waals surface area contributed by atoms with Crippen LogP contribution < -0.4 is 10.6 Å². The van der Waals surface area contributed by atoms with Crippen LogP contribution in [-0.4, -0.2) is 39.5 Å². The van der Waals surface area contributed by atoms with Gasteiger partial charge in [-0.05, 0) is 31.2 Å². The third kappa shape index (κ3) is 2.91. The summed E-state index contributed by atoms with van der Waals surface area (Å²) >= 11 is 5.24. The van der Waals surface area contributed by atoms with E-state index in [1.807, 2.05) is 0 Å². The van der Waals surface area contributed by atoms with E-state index in [9.17, 15) is 5.11 Å². The smallest absolute Gasteiger partial charge is 0.161 e. The van der Waals surface area contributed by atoms with Crippen LogP contribution in [0, 0.1) is 0 Å². The standard InChI is InChI=1S/C14H22N4OS/c1-3-10-11(4-2)16-17-14(12(10)13(15)20)18-7-5-9(19)6-8-18/h9,19H,3-8H2,1-2H3,(H2,15,20). The van der Waals surface area contributed by atoms with E-state index < -0.39 is 0 Å². The predicted molar refractivity (Wildman–Crippen MR) is 84.1 cm³/mol. The Hall–Kier alpha value is -1.27. The lowest BCUT2D eigenvalue weighted by Gasteiger charge is -2.32. The Kier molecular flexibility index (Phi) is 4.88. The molecule has 0 spiro atoms. The number of hydrogen-bond donors (Lipinski definition) is 2. The topological polar surface area (TPSA) is 75.3 Å². The minimum atomic E-state index is -0.215. The van der Waals surface area contributed by atoms with Crippen molar-refractivity contribution in [3.05, 3.63) is 16.8 Å². The van der Waals surface area contributed by atoms with Crippen LogP contribution in [0.3, 0.4) is 0 Å². The Morgan fingerprint density at radius 2 is 1.95 bits per heavy atom. The average Bonchev–Trinajstić information content (AvgIpc) is 2.46.